The van der Waals surface area contributed by atoms with E-state index in [1.54, 1.807) is 26.1 Å². The molecule has 3 rings (SSSR count). The molecule has 0 atom stereocenters. The highest BCUT2D eigenvalue weighted by molar-refractivity contribution is 7.20. The third-order valence-corrected chi connectivity index (χ3v) is 5.07. The minimum Gasteiger partial charge on any atom is -0.375 e. The van der Waals surface area contributed by atoms with Crippen molar-refractivity contribution in [2.45, 2.75) is 13.1 Å². The minimum absolute atomic E-state index is 0.149. The standard InChI is InChI=1S/C17H15F3N4O2S/c1-9-12-15(22-8-24(2)16(12)26)27-13(9)14(25)23-11-6-4-3-5-10(11)21-7-17(18,19)20/h3-6,8,21H,7H2,1-2H3,(H,23,25). The first-order valence-electron chi connectivity index (χ1n) is 7.83. The molecule has 0 aliphatic carbocycles. The van der Waals surface area contributed by atoms with Gasteiger partial charge < -0.3 is 15.2 Å². The highest BCUT2D eigenvalue weighted by atomic mass is 32.1. The van der Waals surface area contributed by atoms with Crippen molar-refractivity contribution in [3.05, 3.63) is 51.4 Å². The molecule has 2 heterocycles. The SMILES string of the molecule is Cc1c(C(=O)Nc2ccccc2NCC(F)(F)F)sc2ncn(C)c(=O)c12. The molecule has 0 saturated heterocycles. The zero-order chi connectivity index (χ0) is 19.8. The second-order valence-corrected chi connectivity index (χ2v) is 6.86. The number of para-hydroxylation sites is 2. The van der Waals surface area contributed by atoms with Gasteiger partial charge in [-0.15, -0.1) is 11.3 Å². The van der Waals surface area contributed by atoms with Crippen LogP contribution in [0, 0.1) is 6.92 Å². The van der Waals surface area contributed by atoms with E-state index in [1.807, 2.05) is 0 Å². The Labute approximate surface area is 155 Å². The van der Waals surface area contributed by atoms with Crippen molar-refractivity contribution in [1.29, 1.82) is 0 Å². The summed E-state index contributed by atoms with van der Waals surface area (Å²) in [5.74, 6) is -0.515. The third-order valence-electron chi connectivity index (χ3n) is 3.87. The van der Waals surface area contributed by atoms with Gasteiger partial charge in [-0.05, 0) is 24.6 Å². The predicted molar refractivity (Wildman–Crippen MR) is 98.5 cm³/mol. The van der Waals surface area contributed by atoms with E-state index in [9.17, 15) is 22.8 Å². The van der Waals surface area contributed by atoms with Gasteiger partial charge in [0.05, 0.1) is 28.0 Å². The summed E-state index contributed by atoms with van der Waals surface area (Å²) in [7, 11) is 1.56. The van der Waals surface area contributed by atoms with E-state index in [4.69, 9.17) is 0 Å². The van der Waals surface area contributed by atoms with Crippen molar-refractivity contribution in [1.82, 2.24) is 9.55 Å². The number of hydrogen-bond acceptors (Lipinski definition) is 5. The normalized spacial score (nSPS) is 11.6. The lowest BCUT2D eigenvalue weighted by molar-refractivity contribution is -0.115. The van der Waals surface area contributed by atoms with E-state index in [-0.39, 0.29) is 21.8 Å². The lowest BCUT2D eigenvalue weighted by Gasteiger charge is -2.14. The number of nitrogens with zero attached hydrogens (tertiary/aromatic N) is 2. The van der Waals surface area contributed by atoms with E-state index in [1.165, 1.54) is 23.0 Å². The largest absolute Gasteiger partial charge is 0.405 e. The van der Waals surface area contributed by atoms with Crippen molar-refractivity contribution in [3.8, 4) is 0 Å². The number of fused-ring (bicyclic) bond motifs is 1. The molecule has 0 aliphatic heterocycles. The summed E-state index contributed by atoms with van der Waals surface area (Å²) in [5.41, 5.74) is 0.586. The van der Waals surface area contributed by atoms with Crippen LogP contribution in [0.3, 0.4) is 0 Å². The number of rotatable bonds is 4. The molecular weight excluding hydrogens is 381 g/mol. The van der Waals surface area contributed by atoms with E-state index in [2.05, 4.69) is 15.6 Å². The Morgan fingerprint density at radius 2 is 1.93 bits per heavy atom. The molecule has 2 N–H and O–H groups in total. The number of nitrogens with one attached hydrogen (secondary N) is 2. The molecule has 0 saturated carbocycles. The van der Waals surface area contributed by atoms with Crippen molar-refractivity contribution in [2.24, 2.45) is 7.05 Å². The summed E-state index contributed by atoms with van der Waals surface area (Å²) in [5, 5.41) is 5.23. The van der Waals surface area contributed by atoms with Gasteiger partial charge in [-0.1, -0.05) is 12.1 Å². The fourth-order valence-electron chi connectivity index (χ4n) is 2.55. The first kappa shape index (κ1) is 18.9. The van der Waals surface area contributed by atoms with Crippen molar-refractivity contribution in [2.75, 3.05) is 17.2 Å². The molecule has 0 fully saturated rings. The second-order valence-electron chi connectivity index (χ2n) is 5.87. The minimum atomic E-state index is -4.38. The van der Waals surface area contributed by atoms with Crippen LogP contribution in [0.5, 0.6) is 0 Å². The van der Waals surface area contributed by atoms with Crippen LogP contribution < -0.4 is 16.2 Å². The summed E-state index contributed by atoms with van der Waals surface area (Å²) in [6.45, 7) is 0.423. The zero-order valence-electron chi connectivity index (χ0n) is 14.3. The lowest BCUT2D eigenvalue weighted by Crippen LogP contribution is -2.22. The average Bonchev–Trinajstić information content (AvgIpc) is 2.94. The monoisotopic (exact) mass is 396 g/mol. The number of halogens is 3. The number of alkyl halides is 3. The van der Waals surface area contributed by atoms with Crippen LogP contribution in [-0.2, 0) is 7.05 Å². The maximum absolute atomic E-state index is 12.7. The molecule has 0 bridgehead atoms. The Hall–Kier alpha value is -2.88. The Kier molecular flexibility index (Phi) is 4.92. The summed E-state index contributed by atoms with van der Waals surface area (Å²) in [6.07, 6.45) is -3.01. The van der Waals surface area contributed by atoms with Crippen LogP contribution in [-0.4, -0.2) is 28.2 Å². The first-order valence-corrected chi connectivity index (χ1v) is 8.65. The molecule has 6 nitrogen and oxygen atoms in total. The number of benzene rings is 1. The van der Waals surface area contributed by atoms with Crippen LogP contribution in [0.15, 0.2) is 35.4 Å². The van der Waals surface area contributed by atoms with Gasteiger partial charge in [0.15, 0.2) is 0 Å². The number of amides is 1. The predicted octanol–water partition coefficient (Wildman–Crippen LogP) is 3.53. The number of carbonyl (C=O) groups excluding carboxylic acids is 1. The molecule has 1 aromatic carbocycles. The number of anilines is 2. The molecule has 1 amide bonds. The smallest absolute Gasteiger partial charge is 0.375 e. The Balaban J connectivity index is 1.91. The topological polar surface area (TPSA) is 76.0 Å². The van der Waals surface area contributed by atoms with Crippen LogP contribution in [0.25, 0.3) is 10.2 Å². The number of carbonyl (C=O) groups is 1. The van der Waals surface area contributed by atoms with Crippen molar-refractivity contribution < 1.29 is 18.0 Å². The highest BCUT2D eigenvalue weighted by Gasteiger charge is 2.27. The molecule has 0 aliphatic rings. The Bertz CT molecular complexity index is 1070. The molecule has 0 unspecified atom stereocenters. The van der Waals surface area contributed by atoms with E-state index < -0.39 is 18.6 Å². The Morgan fingerprint density at radius 1 is 1.26 bits per heavy atom. The Morgan fingerprint density at radius 3 is 2.59 bits per heavy atom. The molecule has 142 valence electrons. The maximum Gasteiger partial charge on any atom is 0.405 e. The molecule has 27 heavy (non-hydrogen) atoms. The van der Waals surface area contributed by atoms with Crippen LogP contribution in [0.1, 0.15) is 15.2 Å². The maximum atomic E-state index is 12.7. The summed E-state index contributed by atoms with van der Waals surface area (Å²) in [6, 6.07) is 6.10. The highest BCUT2D eigenvalue weighted by Crippen LogP contribution is 2.29. The quantitative estimate of drug-likeness (QED) is 0.708. The summed E-state index contributed by atoms with van der Waals surface area (Å²) >= 11 is 1.06. The summed E-state index contributed by atoms with van der Waals surface area (Å²) in [4.78, 5) is 29.8. The van der Waals surface area contributed by atoms with Crippen LogP contribution >= 0.6 is 11.3 Å². The fraction of sp³-hybridized carbons (Fsp3) is 0.235. The van der Waals surface area contributed by atoms with Crippen molar-refractivity contribution in [3.63, 3.8) is 0 Å². The molecule has 10 heteroatoms. The lowest BCUT2D eigenvalue weighted by atomic mass is 10.2. The molecule has 0 spiro atoms. The third kappa shape index (κ3) is 3.95. The average molecular weight is 396 g/mol. The van der Waals surface area contributed by atoms with Gasteiger partial charge in [0.1, 0.15) is 11.4 Å². The van der Waals surface area contributed by atoms with Crippen molar-refractivity contribution >= 4 is 38.8 Å². The van der Waals surface area contributed by atoms with Gasteiger partial charge in [0, 0.05) is 7.05 Å². The number of hydrogen-bond donors (Lipinski definition) is 2. The fourth-order valence-corrected chi connectivity index (χ4v) is 3.58. The zero-order valence-corrected chi connectivity index (χ0v) is 15.2. The number of aryl methyl sites for hydroxylation is 2. The molecular formula is C17H15F3N4O2S. The van der Waals surface area contributed by atoms with E-state index >= 15 is 0 Å². The number of thiophene rings is 1. The molecule has 2 aromatic heterocycles. The van der Waals surface area contributed by atoms with Gasteiger partial charge in [-0.25, -0.2) is 4.98 Å². The molecule has 0 radical (unpaired) electrons. The van der Waals surface area contributed by atoms with Gasteiger partial charge in [0.2, 0.25) is 0 Å². The van der Waals surface area contributed by atoms with Gasteiger partial charge in [-0.2, -0.15) is 13.2 Å². The molecule has 3 aromatic rings. The second kappa shape index (κ2) is 7.03. The van der Waals surface area contributed by atoms with Gasteiger partial charge >= 0.3 is 6.18 Å². The van der Waals surface area contributed by atoms with E-state index in [0.29, 0.717) is 15.8 Å². The van der Waals surface area contributed by atoms with Gasteiger partial charge in [0.25, 0.3) is 11.5 Å². The number of aromatic nitrogens is 2. The summed E-state index contributed by atoms with van der Waals surface area (Å²) < 4.78 is 38.7. The van der Waals surface area contributed by atoms with Crippen LogP contribution in [0.2, 0.25) is 0 Å². The van der Waals surface area contributed by atoms with E-state index in [0.717, 1.165) is 11.3 Å². The van der Waals surface area contributed by atoms with Crippen LogP contribution in [0.4, 0.5) is 24.5 Å². The van der Waals surface area contributed by atoms with Gasteiger partial charge in [-0.3, -0.25) is 9.59 Å². The first-order chi connectivity index (χ1) is 12.7.